The number of allylic oxidation sites excluding steroid dienone is 1. The summed E-state index contributed by atoms with van der Waals surface area (Å²) in [6.07, 6.45) is 5.81. The molecule has 1 spiro atoms. The maximum Gasteiger partial charge on any atom is 0.171 e. The molecule has 1 heterocycles. The van der Waals surface area contributed by atoms with Gasteiger partial charge in [0.05, 0.1) is 24.9 Å². The molecular formula is C27H38N2O4. The molecule has 5 aliphatic rings. The lowest BCUT2D eigenvalue weighted by atomic mass is 9.53. The van der Waals surface area contributed by atoms with Gasteiger partial charge in [-0.1, -0.05) is 17.7 Å². The van der Waals surface area contributed by atoms with Gasteiger partial charge in [-0.3, -0.25) is 0 Å². The van der Waals surface area contributed by atoms with Crippen LogP contribution >= 0.6 is 0 Å². The Morgan fingerprint density at radius 1 is 1.03 bits per heavy atom. The van der Waals surface area contributed by atoms with Crippen LogP contribution in [0.3, 0.4) is 0 Å². The molecule has 180 valence electrons. The summed E-state index contributed by atoms with van der Waals surface area (Å²) in [6.45, 7) is 1.22. The van der Waals surface area contributed by atoms with Crippen LogP contribution in [0.25, 0.3) is 0 Å². The fourth-order valence-electron chi connectivity index (χ4n) is 8.00. The number of hydrogen-bond acceptors (Lipinski definition) is 6. The molecule has 4 fully saturated rings. The molecule has 0 radical (unpaired) electrons. The van der Waals surface area contributed by atoms with Crippen LogP contribution in [0.2, 0.25) is 0 Å². The summed E-state index contributed by atoms with van der Waals surface area (Å²) in [5.74, 6) is 0.118. The molecule has 6 atom stereocenters. The fraction of sp³-hybridized carbons (Fsp3) is 0.704. The van der Waals surface area contributed by atoms with E-state index in [1.807, 2.05) is 0 Å². The van der Waals surface area contributed by atoms with E-state index in [1.54, 1.807) is 0 Å². The van der Waals surface area contributed by atoms with Gasteiger partial charge < -0.3 is 30.3 Å². The molecule has 0 amide bonds. The molecule has 6 heteroatoms. The molecule has 1 saturated heterocycles. The Labute approximate surface area is 196 Å². The Morgan fingerprint density at radius 2 is 1.76 bits per heavy atom. The lowest BCUT2D eigenvalue weighted by Crippen LogP contribution is -2.60. The van der Waals surface area contributed by atoms with Crippen LogP contribution in [-0.4, -0.2) is 60.6 Å². The zero-order valence-electron chi connectivity index (χ0n) is 19.9. The third kappa shape index (κ3) is 3.25. The van der Waals surface area contributed by atoms with Gasteiger partial charge in [0.1, 0.15) is 0 Å². The number of ether oxygens (including phenoxy) is 2. The molecular weight excluding hydrogens is 416 g/mol. The second-order valence-electron chi connectivity index (χ2n) is 11.4. The highest BCUT2D eigenvalue weighted by atomic mass is 16.7. The van der Waals surface area contributed by atoms with E-state index in [4.69, 9.17) is 15.2 Å². The van der Waals surface area contributed by atoms with Gasteiger partial charge in [-0.2, -0.15) is 0 Å². The molecule has 2 unspecified atom stereocenters. The van der Waals surface area contributed by atoms with E-state index >= 15 is 0 Å². The molecule has 0 aromatic heterocycles. The van der Waals surface area contributed by atoms with E-state index in [1.165, 1.54) is 22.4 Å². The fourth-order valence-corrected chi connectivity index (χ4v) is 8.00. The lowest BCUT2D eigenvalue weighted by Gasteiger charge is -2.55. The number of nitrogens with zero attached hydrogens (tertiary/aromatic N) is 1. The van der Waals surface area contributed by atoms with Crippen molar-refractivity contribution in [2.75, 3.05) is 32.2 Å². The van der Waals surface area contributed by atoms with Crippen molar-refractivity contribution in [2.24, 2.45) is 17.6 Å². The van der Waals surface area contributed by atoms with Gasteiger partial charge in [-0.15, -0.1) is 0 Å². The van der Waals surface area contributed by atoms with E-state index in [9.17, 15) is 10.2 Å². The molecule has 4 aliphatic carbocycles. The van der Waals surface area contributed by atoms with Gasteiger partial charge in [-0.05, 0) is 73.6 Å². The Bertz CT molecular complexity index is 953. The van der Waals surface area contributed by atoms with E-state index in [2.05, 4.69) is 43.3 Å². The van der Waals surface area contributed by atoms with Crippen molar-refractivity contribution in [3.63, 3.8) is 0 Å². The quantitative estimate of drug-likeness (QED) is 0.596. The van der Waals surface area contributed by atoms with E-state index in [0.717, 1.165) is 44.9 Å². The average Bonchev–Trinajstić information content (AvgIpc) is 3.36. The number of aliphatic hydroxyl groups is 2. The van der Waals surface area contributed by atoms with Gasteiger partial charge in [0.2, 0.25) is 0 Å². The van der Waals surface area contributed by atoms with Gasteiger partial charge >= 0.3 is 0 Å². The van der Waals surface area contributed by atoms with Gasteiger partial charge in [-0.25, -0.2) is 0 Å². The van der Waals surface area contributed by atoms with E-state index < -0.39 is 23.0 Å². The van der Waals surface area contributed by atoms with E-state index in [0.29, 0.717) is 25.6 Å². The summed E-state index contributed by atoms with van der Waals surface area (Å²) in [5.41, 5.74) is 10.6. The first-order valence-corrected chi connectivity index (χ1v) is 12.7. The zero-order chi connectivity index (χ0) is 23.0. The van der Waals surface area contributed by atoms with Crippen LogP contribution in [0.4, 0.5) is 5.69 Å². The minimum Gasteiger partial charge on any atom is -0.391 e. The third-order valence-electron chi connectivity index (χ3n) is 9.60. The first-order valence-electron chi connectivity index (χ1n) is 12.7. The van der Waals surface area contributed by atoms with Crippen molar-refractivity contribution in [3.05, 3.63) is 41.0 Å². The maximum atomic E-state index is 12.0. The minimum atomic E-state index is -0.873. The summed E-state index contributed by atoms with van der Waals surface area (Å²) in [5, 5.41) is 22.9. The number of fused-ring (bicyclic) bond motifs is 4. The normalized spacial score (nSPS) is 41.6. The maximum absolute atomic E-state index is 12.0. The number of benzene rings is 1. The predicted molar refractivity (Wildman–Crippen MR) is 127 cm³/mol. The highest BCUT2D eigenvalue weighted by Crippen LogP contribution is 2.62. The van der Waals surface area contributed by atoms with Gasteiger partial charge in [0.15, 0.2) is 5.79 Å². The van der Waals surface area contributed by atoms with Crippen molar-refractivity contribution < 1.29 is 19.7 Å². The van der Waals surface area contributed by atoms with Crippen molar-refractivity contribution >= 4 is 5.69 Å². The molecule has 4 N–H and O–H groups in total. The molecule has 3 saturated carbocycles. The van der Waals surface area contributed by atoms with Crippen LogP contribution < -0.4 is 10.6 Å². The van der Waals surface area contributed by atoms with Crippen molar-refractivity contribution in [2.45, 2.75) is 80.3 Å². The first-order chi connectivity index (χ1) is 15.7. The second-order valence-corrected chi connectivity index (χ2v) is 11.4. The molecule has 33 heavy (non-hydrogen) atoms. The standard InChI is InChI=1S/C27H38N2O4/c1-29(2)18-5-3-17(4-6-18)20-15-27(28)21(7-8-23(27)30)19-9-11-25(31)16-26(32-13-14-33-26)12-10-22(25)24(19)20/h3-6,19-21,23,30-31H,7-16,28H2,1-2H3/t19?,20-,21+,23?,25-,27+/m1/s1. The highest BCUT2D eigenvalue weighted by molar-refractivity contribution is 5.50. The molecule has 6 nitrogen and oxygen atoms in total. The van der Waals surface area contributed by atoms with Crippen LogP contribution in [0.15, 0.2) is 35.4 Å². The number of anilines is 1. The predicted octanol–water partition coefficient (Wildman–Crippen LogP) is 3.07. The summed E-state index contributed by atoms with van der Waals surface area (Å²) in [7, 11) is 4.10. The summed E-state index contributed by atoms with van der Waals surface area (Å²) in [4.78, 5) is 2.11. The summed E-state index contributed by atoms with van der Waals surface area (Å²) >= 11 is 0. The molecule has 1 aromatic rings. The van der Waals surface area contributed by atoms with Gasteiger partial charge in [0, 0.05) is 44.1 Å². The van der Waals surface area contributed by atoms with Crippen LogP contribution in [-0.2, 0) is 9.47 Å². The number of hydrogen-bond donors (Lipinski definition) is 3. The van der Waals surface area contributed by atoms with Crippen LogP contribution in [0.1, 0.15) is 62.8 Å². The second kappa shape index (κ2) is 7.53. The Morgan fingerprint density at radius 3 is 2.45 bits per heavy atom. The first kappa shape index (κ1) is 22.1. The largest absolute Gasteiger partial charge is 0.391 e. The molecule has 0 bridgehead atoms. The Balaban J connectivity index is 1.45. The third-order valence-corrected chi connectivity index (χ3v) is 9.60. The number of nitrogens with two attached hydrogens (primary N) is 1. The number of rotatable bonds is 2. The Kier molecular flexibility index (Phi) is 5.03. The zero-order valence-corrected chi connectivity index (χ0v) is 19.9. The smallest absolute Gasteiger partial charge is 0.171 e. The molecule has 6 rings (SSSR count). The molecule has 1 aliphatic heterocycles. The van der Waals surface area contributed by atoms with Crippen LogP contribution in [0.5, 0.6) is 0 Å². The summed E-state index contributed by atoms with van der Waals surface area (Å²) < 4.78 is 12.0. The van der Waals surface area contributed by atoms with Crippen molar-refractivity contribution in [1.82, 2.24) is 0 Å². The Hall–Kier alpha value is -1.44. The van der Waals surface area contributed by atoms with Crippen molar-refractivity contribution in [3.8, 4) is 0 Å². The number of aliphatic hydroxyl groups excluding tert-OH is 1. The lowest BCUT2D eigenvalue weighted by molar-refractivity contribution is -0.208. The summed E-state index contributed by atoms with van der Waals surface area (Å²) in [6, 6.07) is 8.77. The SMILES string of the molecule is CN(C)c1ccc([C@H]2C[C@@]3(N)C(O)CC[C@H]3C3CC[C@@]4(O)CC5(CCC4=C32)OCCO5)cc1. The molecule has 1 aromatic carbocycles. The average molecular weight is 455 g/mol. The highest BCUT2D eigenvalue weighted by Gasteiger charge is 2.60. The van der Waals surface area contributed by atoms with E-state index in [-0.39, 0.29) is 11.8 Å². The van der Waals surface area contributed by atoms with Crippen molar-refractivity contribution in [1.29, 1.82) is 0 Å². The minimum absolute atomic E-state index is 0.126. The monoisotopic (exact) mass is 454 g/mol. The van der Waals surface area contributed by atoms with Gasteiger partial charge in [0.25, 0.3) is 0 Å². The van der Waals surface area contributed by atoms with Crippen LogP contribution in [0, 0.1) is 11.8 Å². The topological polar surface area (TPSA) is 88.2 Å².